The Morgan fingerprint density at radius 1 is 1.19 bits per heavy atom. The van der Waals surface area contributed by atoms with Crippen LogP contribution in [0.5, 0.6) is 0 Å². The number of benzene rings is 1. The number of nitro groups is 1. The van der Waals surface area contributed by atoms with Crippen LogP contribution in [0.4, 0.5) is 5.69 Å². The van der Waals surface area contributed by atoms with Gasteiger partial charge in [-0.2, -0.15) is 0 Å². The molecule has 3 nitrogen and oxygen atoms in total. The van der Waals surface area contributed by atoms with Crippen LogP contribution >= 0.6 is 54.5 Å². The van der Waals surface area contributed by atoms with Crippen LogP contribution in [-0.2, 0) is 0 Å². The Morgan fingerprint density at radius 2 is 1.75 bits per heavy atom. The highest BCUT2D eigenvalue weighted by Crippen LogP contribution is 2.24. The van der Waals surface area contributed by atoms with Crippen LogP contribution in [0.1, 0.15) is 11.1 Å². The normalized spacial score (nSPS) is 8.44. The second-order valence-electron chi connectivity index (χ2n) is 2.55. The molecule has 0 unspecified atom stereocenters. The van der Waals surface area contributed by atoms with Crippen LogP contribution in [-0.4, -0.2) is 4.92 Å². The molecule has 1 aromatic rings. The van der Waals surface area contributed by atoms with E-state index in [9.17, 15) is 10.1 Å². The molecule has 1 aromatic carbocycles. The van der Waals surface area contributed by atoms with Crippen molar-refractivity contribution >= 4 is 60.1 Å². The quantitative estimate of drug-likeness (QED) is 0.282. The molecule has 1 rings (SSSR count). The third-order valence-corrected chi connectivity index (χ3v) is 2.93. The van der Waals surface area contributed by atoms with Crippen LogP contribution in [0.25, 0.3) is 0 Å². The summed E-state index contributed by atoms with van der Waals surface area (Å²) in [6.45, 7) is 0. The van der Waals surface area contributed by atoms with Crippen LogP contribution < -0.4 is 0 Å². The van der Waals surface area contributed by atoms with Crippen molar-refractivity contribution in [1.82, 2.24) is 0 Å². The highest BCUT2D eigenvalue weighted by molar-refractivity contribution is 14.1. The Labute approximate surface area is 123 Å². The Balaban J connectivity index is 3.51. The first-order valence-electron chi connectivity index (χ1n) is 3.81. The molecule has 0 atom stereocenters. The predicted octanol–water partition coefficient (Wildman–Crippen LogP) is 3.61. The molecule has 0 saturated carbocycles. The maximum Gasteiger partial charge on any atom is 0.286 e. The summed E-state index contributed by atoms with van der Waals surface area (Å²) < 4.78 is 0.820. The SMILES string of the molecule is O=[N+]([O-])c1cc(C#CBr)c(I)cc1C#CBr. The fourth-order valence-corrected chi connectivity index (χ4v) is 2.04. The highest BCUT2D eigenvalue weighted by Gasteiger charge is 2.15. The molecule has 0 spiro atoms. The van der Waals surface area contributed by atoms with E-state index in [1.165, 1.54) is 6.07 Å². The zero-order valence-electron chi connectivity index (χ0n) is 7.55. The van der Waals surface area contributed by atoms with Crippen molar-refractivity contribution in [3.8, 4) is 21.5 Å². The standard InChI is InChI=1S/C10H2Br2INO2/c11-3-1-7-6-10(14(15)16)8(2-4-12)5-9(7)13/h5-6H. The van der Waals surface area contributed by atoms with E-state index in [4.69, 9.17) is 0 Å². The van der Waals surface area contributed by atoms with Gasteiger partial charge in [0.15, 0.2) is 0 Å². The molecular weight excluding hydrogens is 453 g/mol. The minimum atomic E-state index is -0.470. The van der Waals surface area contributed by atoms with Crippen molar-refractivity contribution < 1.29 is 4.92 Å². The molecule has 0 aliphatic heterocycles. The van der Waals surface area contributed by atoms with Crippen molar-refractivity contribution in [2.75, 3.05) is 0 Å². The van der Waals surface area contributed by atoms with E-state index >= 15 is 0 Å². The van der Waals surface area contributed by atoms with Crippen LogP contribution in [0, 0.1) is 35.2 Å². The van der Waals surface area contributed by atoms with Crippen LogP contribution in [0.15, 0.2) is 12.1 Å². The molecular formula is C10H2Br2INO2. The van der Waals surface area contributed by atoms with Crippen molar-refractivity contribution in [1.29, 1.82) is 0 Å². The van der Waals surface area contributed by atoms with E-state index < -0.39 is 4.92 Å². The maximum atomic E-state index is 10.8. The van der Waals surface area contributed by atoms with Crippen LogP contribution in [0.3, 0.4) is 0 Å². The Bertz CT molecular complexity index is 564. The summed E-state index contributed by atoms with van der Waals surface area (Å²) in [4.78, 5) is 15.4. The van der Waals surface area contributed by atoms with Gasteiger partial charge in [0, 0.05) is 47.1 Å². The van der Waals surface area contributed by atoms with Crippen molar-refractivity contribution in [2.45, 2.75) is 0 Å². The monoisotopic (exact) mass is 453 g/mol. The van der Waals surface area contributed by atoms with Gasteiger partial charge in [0.1, 0.15) is 5.56 Å². The van der Waals surface area contributed by atoms with Crippen molar-refractivity contribution in [3.05, 3.63) is 36.9 Å². The van der Waals surface area contributed by atoms with E-state index in [2.05, 4.69) is 76.0 Å². The van der Waals surface area contributed by atoms with Gasteiger partial charge in [-0.25, -0.2) is 0 Å². The fraction of sp³-hybridized carbons (Fsp3) is 0. The molecule has 0 aliphatic carbocycles. The second kappa shape index (κ2) is 6.24. The molecule has 0 fully saturated rings. The number of halogens is 3. The summed E-state index contributed by atoms with van der Waals surface area (Å²) in [7, 11) is 0. The van der Waals surface area contributed by atoms with Gasteiger partial charge >= 0.3 is 0 Å². The molecule has 0 heterocycles. The smallest absolute Gasteiger partial charge is 0.258 e. The highest BCUT2D eigenvalue weighted by atomic mass is 127. The number of nitro benzene ring substituents is 1. The number of hydrogen-bond donors (Lipinski definition) is 0. The molecule has 0 aromatic heterocycles. The Hall–Kier alpha value is -0.570. The van der Waals surface area contributed by atoms with E-state index in [1.807, 2.05) is 0 Å². The molecule has 0 radical (unpaired) electrons. The van der Waals surface area contributed by atoms with Crippen molar-refractivity contribution in [2.24, 2.45) is 0 Å². The van der Waals surface area contributed by atoms with Crippen molar-refractivity contribution in [3.63, 3.8) is 0 Å². The molecule has 0 saturated heterocycles. The first-order valence-corrected chi connectivity index (χ1v) is 6.48. The number of rotatable bonds is 1. The summed E-state index contributed by atoms with van der Waals surface area (Å²) in [6.07, 6.45) is 0. The third-order valence-electron chi connectivity index (χ3n) is 1.65. The fourth-order valence-electron chi connectivity index (χ4n) is 1.01. The molecule has 0 N–H and O–H groups in total. The zero-order chi connectivity index (χ0) is 12.1. The topological polar surface area (TPSA) is 43.1 Å². The van der Waals surface area contributed by atoms with Gasteiger partial charge in [0.2, 0.25) is 0 Å². The molecule has 0 bridgehead atoms. The third kappa shape index (κ3) is 3.21. The van der Waals surface area contributed by atoms with E-state index in [-0.39, 0.29) is 5.69 Å². The van der Waals surface area contributed by atoms with Gasteiger partial charge < -0.3 is 0 Å². The second-order valence-corrected chi connectivity index (χ2v) is 4.50. The molecule has 80 valence electrons. The van der Waals surface area contributed by atoms with E-state index in [0.29, 0.717) is 11.1 Å². The van der Waals surface area contributed by atoms with Gasteiger partial charge in [-0.15, -0.1) is 0 Å². The van der Waals surface area contributed by atoms with Crippen LogP contribution in [0.2, 0.25) is 0 Å². The van der Waals surface area contributed by atoms with Gasteiger partial charge in [0.05, 0.1) is 4.92 Å². The summed E-state index contributed by atoms with van der Waals surface area (Å²) in [5.41, 5.74) is 0.924. The number of nitrogens with zero attached hydrogens (tertiary/aromatic N) is 1. The minimum absolute atomic E-state index is 0.0439. The lowest BCUT2D eigenvalue weighted by molar-refractivity contribution is -0.385. The maximum absolute atomic E-state index is 10.8. The minimum Gasteiger partial charge on any atom is -0.258 e. The van der Waals surface area contributed by atoms with Gasteiger partial charge in [-0.3, -0.25) is 10.1 Å². The first kappa shape index (κ1) is 13.5. The first-order chi connectivity index (χ1) is 7.60. The lowest BCUT2D eigenvalue weighted by Crippen LogP contribution is -1.95. The summed E-state index contributed by atoms with van der Waals surface area (Å²) in [5, 5.41) is 10.8. The zero-order valence-corrected chi connectivity index (χ0v) is 12.9. The molecule has 0 amide bonds. The van der Waals surface area contributed by atoms with Gasteiger partial charge in [-0.1, -0.05) is 5.92 Å². The van der Waals surface area contributed by atoms with Gasteiger partial charge in [0.25, 0.3) is 5.69 Å². The average Bonchev–Trinajstić information content (AvgIpc) is 2.22. The average molecular weight is 455 g/mol. The summed E-state index contributed by atoms with van der Waals surface area (Å²) in [6, 6.07) is 3.06. The lowest BCUT2D eigenvalue weighted by Gasteiger charge is -1.99. The van der Waals surface area contributed by atoms with E-state index in [1.54, 1.807) is 6.07 Å². The lowest BCUT2D eigenvalue weighted by atomic mass is 10.1. The molecule has 6 heteroatoms. The van der Waals surface area contributed by atoms with Gasteiger partial charge in [-0.05, 0) is 44.2 Å². The largest absolute Gasteiger partial charge is 0.286 e. The summed E-state index contributed by atoms with van der Waals surface area (Å²) >= 11 is 7.94. The molecule has 0 aliphatic rings. The summed E-state index contributed by atoms with van der Waals surface area (Å²) in [5.74, 6) is 5.36. The predicted molar refractivity (Wildman–Crippen MR) is 77.4 cm³/mol. The van der Waals surface area contributed by atoms with E-state index in [0.717, 1.165) is 3.57 Å². The Morgan fingerprint density at radius 3 is 2.25 bits per heavy atom. The Kier molecular flexibility index (Phi) is 5.26. The number of hydrogen-bond acceptors (Lipinski definition) is 2. The molecule has 16 heavy (non-hydrogen) atoms.